The summed E-state index contributed by atoms with van der Waals surface area (Å²) in [6.07, 6.45) is 8.78. The van der Waals surface area contributed by atoms with E-state index in [0.29, 0.717) is 0 Å². The highest BCUT2D eigenvalue weighted by Crippen LogP contribution is 2.29. The van der Waals surface area contributed by atoms with E-state index in [1.54, 1.807) is 7.05 Å². The Balaban J connectivity index is 1.65. The van der Waals surface area contributed by atoms with Gasteiger partial charge in [-0.05, 0) is 70.0 Å². The minimum atomic E-state index is -0.389. The van der Waals surface area contributed by atoms with Crippen molar-refractivity contribution >= 4 is 23.2 Å². The van der Waals surface area contributed by atoms with Gasteiger partial charge in [0.1, 0.15) is 6.04 Å². The van der Waals surface area contributed by atoms with Crippen molar-refractivity contribution in [2.75, 3.05) is 33.2 Å². The lowest BCUT2D eigenvalue weighted by atomic mass is 9.83. The zero-order valence-electron chi connectivity index (χ0n) is 20.1. The van der Waals surface area contributed by atoms with Crippen LogP contribution in [0.15, 0.2) is 17.5 Å². The number of hydrogen-bond acceptors (Lipinski definition) is 5. The summed E-state index contributed by atoms with van der Waals surface area (Å²) in [6.45, 7) is 7.81. The summed E-state index contributed by atoms with van der Waals surface area (Å²) in [5.74, 6) is 0.329. The quantitative estimate of drug-likeness (QED) is 0.530. The maximum absolute atomic E-state index is 13.8. The van der Waals surface area contributed by atoms with Crippen molar-refractivity contribution in [3.05, 3.63) is 22.4 Å². The fourth-order valence-electron chi connectivity index (χ4n) is 5.15. The molecule has 2 amide bonds. The molecule has 6 nitrogen and oxygen atoms in total. The third-order valence-corrected chi connectivity index (χ3v) is 8.28. The van der Waals surface area contributed by atoms with Gasteiger partial charge < -0.3 is 20.4 Å². The average Bonchev–Trinajstić information content (AvgIpc) is 3.51. The Bertz CT molecular complexity index is 705. The Labute approximate surface area is 198 Å². The van der Waals surface area contributed by atoms with Crippen molar-refractivity contribution in [2.45, 2.75) is 83.3 Å². The van der Waals surface area contributed by atoms with Crippen molar-refractivity contribution in [2.24, 2.45) is 5.92 Å². The molecule has 3 atom stereocenters. The second-order valence-corrected chi connectivity index (χ2v) is 10.5. The molecule has 2 aliphatic rings. The monoisotopic (exact) mass is 462 g/mol. The Morgan fingerprint density at radius 3 is 2.66 bits per heavy atom. The molecule has 32 heavy (non-hydrogen) atoms. The van der Waals surface area contributed by atoms with E-state index in [2.05, 4.69) is 44.9 Å². The SMILES string of the molecule is CCN(CCc1cccs1)C[C@@H]1CCCN1C(=O)[C@@H](NC(=O)[C@H](C)NC)C1CCCCC1. The van der Waals surface area contributed by atoms with Crippen LogP contribution in [0.4, 0.5) is 0 Å². The number of likely N-dealkylation sites (tertiary alicyclic amines) is 1. The third kappa shape index (κ3) is 6.78. The first-order valence-corrected chi connectivity index (χ1v) is 13.4. The second kappa shape index (κ2) is 12.7. The Kier molecular flexibility index (Phi) is 10.0. The fourth-order valence-corrected chi connectivity index (χ4v) is 5.85. The third-order valence-electron chi connectivity index (χ3n) is 7.34. The van der Waals surface area contributed by atoms with Gasteiger partial charge in [0.25, 0.3) is 0 Å². The molecule has 1 aliphatic heterocycles. The number of hydrogen-bond donors (Lipinski definition) is 2. The predicted octanol–water partition coefficient (Wildman–Crippen LogP) is 3.28. The molecule has 1 aliphatic carbocycles. The summed E-state index contributed by atoms with van der Waals surface area (Å²) in [5.41, 5.74) is 0. The van der Waals surface area contributed by atoms with Crippen LogP contribution < -0.4 is 10.6 Å². The van der Waals surface area contributed by atoms with Gasteiger partial charge in [-0.15, -0.1) is 11.3 Å². The first-order chi connectivity index (χ1) is 15.5. The first kappa shape index (κ1) is 25.2. The van der Waals surface area contributed by atoms with Crippen LogP contribution in [-0.2, 0) is 16.0 Å². The highest BCUT2D eigenvalue weighted by atomic mass is 32.1. The summed E-state index contributed by atoms with van der Waals surface area (Å²) >= 11 is 1.82. The Morgan fingerprint density at radius 2 is 2.00 bits per heavy atom. The minimum absolute atomic E-state index is 0.0710. The fraction of sp³-hybridized carbons (Fsp3) is 0.760. The summed E-state index contributed by atoms with van der Waals surface area (Å²) < 4.78 is 0. The van der Waals surface area contributed by atoms with Crippen molar-refractivity contribution in [1.29, 1.82) is 0 Å². The van der Waals surface area contributed by atoms with Crippen molar-refractivity contribution in [3.8, 4) is 0 Å². The lowest BCUT2D eigenvalue weighted by molar-refractivity contribution is -0.139. The largest absolute Gasteiger partial charge is 0.343 e. The molecule has 3 rings (SSSR count). The molecule has 7 heteroatoms. The number of rotatable bonds is 11. The van der Waals surface area contributed by atoms with E-state index in [-0.39, 0.29) is 35.9 Å². The summed E-state index contributed by atoms with van der Waals surface area (Å²) in [4.78, 5) is 32.5. The van der Waals surface area contributed by atoms with Crippen LogP contribution in [0.25, 0.3) is 0 Å². The summed E-state index contributed by atoms with van der Waals surface area (Å²) in [7, 11) is 1.79. The van der Waals surface area contributed by atoms with E-state index in [1.165, 1.54) is 11.3 Å². The molecule has 1 saturated heterocycles. The van der Waals surface area contributed by atoms with Crippen molar-refractivity contribution in [3.63, 3.8) is 0 Å². The van der Waals surface area contributed by atoms with Crippen LogP contribution in [-0.4, -0.2) is 73.0 Å². The number of thiophene rings is 1. The number of nitrogens with zero attached hydrogens (tertiary/aromatic N) is 2. The number of carbonyl (C=O) groups excluding carboxylic acids is 2. The van der Waals surface area contributed by atoms with Gasteiger partial charge in [0.05, 0.1) is 6.04 Å². The van der Waals surface area contributed by atoms with E-state index in [9.17, 15) is 9.59 Å². The molecule has 2 heterocycles. The number of likely N-dealkylation sites (N-methyl/N-ethyl adjacent to an activating group) is 2. The normalized spacial score (nSPS) is 21.6. The molecule has 0 bridgehead atoms. The summed E-state index contributed by atoms with van der Waals surface area (Å²) in [5, 5.41) is 8.28. The van der Waals surface area contributed by atoms with Gasteiger partial charge >= 0.3 is 0 Å². The number of nitrogens with one attached hydrogen (secondary N) is 2. The van der Waals surface area contributed by atoms with E-state index in [1.807, 2.05) is 18.3 Å². The Morgan fingerprint density at radius 1 is 1.22 bits per heavy atom. The first-order valence-electron chi connectivity index (χ1n) is 12.6. The zero-order valence-corrected chi connectivity index (χ0v) is 21.0. The molecule has 2 N–H and O–H groups in total. The van der Waals surface area contributed by atoms with Gasteiger partial charge in [-0.25, -0.2) is 0 Å². The number of carbonyl (C=O) groups is 2. The van der Waals surface area contributed by atoms with Gasteiger partial charge in [0.2, 0.25) is 11.8 Å². The van der Waals surface area contributed by atoms with Gasteiger partial charge in [-0.1, -0.05) is 32.3 Å². The molecule has 0 radical (unpaired) electrons. The molecule has 0 aromatic carbocycles. The van der Waals surface area contributed by atoms with Crippen LogP contribution in [0, 0.1) is 5.92 Å². The minimum Gasteiger partial charge on any atom is -0.343 e. The van der Waals surface area contributed by atoms with E-state index >= 15 is 0 Å². The molecule has 1 saturated carbocycles. The predicted molar refractivity (Wildman–Crippen MR) is 132 cm³/mol. The Hall–Kier alpha value is -1.44. The van der Waals surface area contributed by atoms with Gasteiger partial charge in [0, 0.05) is 30.6 Å². The van der Waals surface area contributed by atoms with Crippen LogP contribution >= 0.6 is 11.3 Å². The lowest BCUT2D eigenvalue weighted by Gasteiger charge is -2.36. The van der Waals surface area contributed by atoms with Crippen molar-refractivity contribution in [1.82, 2.24) is 20.4 Å². The highest BCUT2D eigenvalue weighted by Gasteiger charge is 2.38. The smallest absolute Gasteiger partial charge is 0.245 e. The van der Waals surface area contributed by atoms with Crippen LogP contribution in [0.5, 0.6) is 0 Å². The van der Waals surface area contributed by atoms with Crippen LogP contribution in [0.3, 0.4) is 0 Å². The zero-order chi connectivity index (χ0) is 22.9. The van der Waals surface area contributed by atoms with Gasteiger partial charge in [0.15, 0.2) is 0 Å². The van der Waals surface area contributed by atoms with E-state index in [0.717, 1.165) is 71.1 Å². The molecular weight excluding hydrogens is 420 g/mol. The molecule has 1 aromatic heterocycles. The highest BCUT2D eigenvalue weighted by molar-refractivity contribution is 7.09. The van der Waals surface area contributed by atoms with Crippen LogP contribution in [0.1, 0.15) is 63.7 Å². The summed E-state index contributed by atoms with van der Waals surface area (Å²) in [6, 6.07) is 3.88. The number of amides is 2. The van der Waals surface area contributed by atoms with Gasteiger partial charge in [-0.3, -0.25) is 9.59 Å². The second-order valence-electron chi connectivity index (χ2n) is 9.44. The lowest BCUT2D eigenvalue weighted by Crippen LogP contribution is -2.57. The molecule has 0 spiro atoms. The van der Waals surface area contributed by atoms with E-state index < -0.39 is 0 Å². The van der Waals surface area contributed by atoms with E-state index in [4.69, 9.17) is 0 Å². The molecule has 180 valence electrons. The topological polar surface area (TPSA) is 64.7 Å². The maximum atomic E-state index is 13.8. The average molecular weight is 463 g/mol. The standard InChI is InChI=1S/C25H42N4O2S/c1-4-28(16-14-22-13-9-17-32-22)18-21-12-8-15-29(21)25(31)23(20-10-6-5-7-11-20)27-24(30)19(2)26-3/h9,13,17,19-21,23,26H,4-8,10-12,14-16,18H2,1-3H3,(H,27,30)/t19-,21-,23-/m0/s1. The van der Waals surface area contributed by atoms with Crippen LogP contribution in [0.2, 0.25) is 0 Å². The molecular formula is C25H42N4O2S. The van der Waals surface area contributed by atoms with Crippen molar-refractivity contribution < 1.29 is 9.59 Å². The van der Waals surface area contributed by atoms with Gasteiger partial charge in [-0.2, -0.15) is 0 Å². The molecule has 2 fully saturated rings. The molecule has 1 aromatic rings. The maximum Gasteiger partial charge on any atom is 0.245 e. The molecule has 0 unspecified atom stereocenters.